The molecule has 0 bridgehead atoms. The number of amides is 1. The first-order valence-corrected chi connectivity index (χ1v) is 8.03. The topological polar surface area (TPSA) is 65.4 Å². The first kappa shape index (κ1) is 15.5. The number of aromatic nitrogens is 2. The molecule has 0 aromatic carbocycles. The first-order valence-electron chi connectivity index (χ1n) is 8.03. The van der Waals surface area contributed by atoms with Crippen LogP contribution in [0.5, 0.6) is 0 Å². The lowest BCUT2D eigenvalue weighted by molar-refractivity contribution is 0.0355. The van der Waals surface area contributed by atoms with Gasteiger partial charge >= 0.3 is 0 Å². The molecule has 1 atom stereocenters. The lowest BCUT2D eigenvalue weighted by Crippen LogP contribution is -2.37. The Morgan fingerprint density at radius 3 is 2.77 bits per heavy atom. The number of rotatable bonds is 3. The van der Waals surface area contributed by atoms with Crippen LogP contribution in [0.4, 0.5) is 0 Å². The molecule has 1 amide bonds. The van der Waals surface area contributed by atoms with E-state index in [4.69, 9.17) is 9.47 Å². The quantitative estimate of drug-likeness (QED) is 0.925. The van der Waals surface area contributed by atoms with E-state index in [1.165, 1.54) is 0 Å². The van der Waals surface area contributed by atoms with Gasteiger partial charge in [0.25, 0.3) is 5.91 Å². The third-order valence-corrected chi connectivity index (χ3v) is 4.38. The highest BCUT2D eigenvalue weighted by Crippen LogP contribution is 2.26. The summed E-state index contributed by atoms with van der Waals surface area (Å²) in [6, 6.07) is 2.19. The SMILES string of the molecule is Cc1cc(C(=O)NC2COC(C)(C)C2)n(C2CCOCC2)n1. The fourth-order valence-corrected chi connectivity index (χ4v) is 3.28. The van der Waals surface area contributed by atoms with Crippen molar-refractivity contribution in [3.8, 4) is 0 Å². The highest BCUT2D eigenvalue weighted by molar-refractivity contribution is 5.93. The number of carbonyl (C=O) groups excluding carboxylic acids is 1. The third kappa shape index (κ3) is 3.33. The van der Waals surface area contributed by atoms with E-state index in [1.54, 1.807) is 0 Å². The van der Waals surface area contributed by atoms with E-state index < -0.39 is 0 Å². The Morgan fingerprint density at radius 2 is 2.14 bits per heavy atom. The lowest BCUT2D eigenvalue weighted by Gasteiger charge is -2.24. The molecular weight excluding hydrogens is 282 g/mol. The lowest BCUT2D eigenvalue weighted by atomic mass is 10.0. The van der Waals surface area contributed by atoms with Gasteiger partial charge in [-0.05, 0) is 46.1 Å². The summed E-state index contributed by atoms with van der Waals surface area (Å²) in [5.41, 5.74) is 1.36. The maximum Gasteiger partial charge on any atom is 0.269 e. The van der Waals surface area contributed by atoms with Crippen molar-refractivity contribution < 1.29 is 14.3 Å². The summed E-state index contributed by atoms with van der Waals surface area (Å²) >= 11 is 0. The summed E-state index contributed by atoms with van der Waals surface area (Å²) < 4.78 is 13.0. The molecule has 2 fully saturated rings. The van der Waals surface area contributed by atoms with Crippen molar-refractivity contribution in [2.45, 2.75) is 57.7 Å². The van der Waals surface area contributed by atoms with Crippen LogP contribution in [0.3, 0.4) is 0 Å². The number of aryl methyl sites for hydroxylation is 1. The molecule has 6 heteroatoms. The van der Waals surface area contributed by atoms with Crippen molar-refractivity contribution in [2.24, 2.45) is 0 Å². The molecule has 22 heavy (non-hydrogen) atoms. The van der Waals surface area contributed by atoms with Gasteiger partial charge in [0.05, 0.1) is 30.0 Å². The van der Waals surface area contributed by atoms with Crippen molar-refractivity contribution >= 4 is 5.91 Å². The van der Waals surface area contributed by atoms with Crippen molar-refractivity contribution in [1.82, 2.24) is 15.1 Å². The largest absolute Gasteiger partial charge is 0.381 e. The first-order chi connectivity index (χ1) is 10.4. The zero-order valence-electron chi connectivity index (χ0n) is 13.6. The van der Waals surface area contributed by atoms with Gasteiger partial charge in [-0.15, -0.1) is 0 Å². The van der Waals surface area contributed by atoms with Crippen LogP contribution in [-0.2, 0) is 9.47 Å². The van der Waals surface area contributed by atoms with E-state index in [0.717, 1.165) is 38.2 Å². The normalized spacial score (nSPS) is 25.3. The van der Waals surface area contributed by atoms with Gasteiger partial charge in [0.15, 0.2) is 0 Å². The predicted molar refractivity (Wildman–Crippen MR) is 82.0 cm³/mol. The fourth-order valence-electron chi connectivity index (χ4n) is 3.28. The molecule has 2 aliphatic heterocycles. The average Bonchev–Trinajstić information content (AvgIpc) is 3.02. The van der Waals surface area contributed by atoms with E-state index in [1.807, 2.05) is 17.7 Å². The van der Waals surface area contributed by atoms with E-state index >= 15 is 0 Å². The van der Waals surface area contributed by atoms with Crippen LogP contribution in [0.2, 0.25) is 0 Å². The predicted octanol–water partition coefficient (Wildman–Crippen LogP) is 1.84. The maximum atomic E-state index is 12.6. The van der Waals surface area contributed by atoms with Gasteiger partial charge in [0.2, 0.25) is 0 Å². The Hall–Kier alpha value is -1.40. The van der Waals surface area contributed by atoms with E-state index in [2.05, 4.69) is 24.3 Å². The zero-order valence-corrected chi connectivity index (χ0v) is 13.6. The van der Waals surface area contributed by atoms with Crippen molar-refractivity contribution in [3.63, 3.8) is 0 Å². The van der Waals surface area contributed by atoms with Crippen LogP contribution >= 0.6 is 0 Å². The van der Waals surface area contributed by atoms with Crippen LogP contribution < -0.4 is 5.32 Å². The molecule has 1 N–H and O–H groups in total. The van der Waals surface area contributed by atoms with E-state index in [9.17, 15) is 4.79 Å². The Balaban J connectivity index is 1.72. The minimum absolute atomic E-state index is 0.0570. The molecule has 6 nitrogen and oxygen atoms in total. The minimum Gasteiger partial charge on any atom is -0.381 e. The minimum atomic E-state index is -0.158. The Kier molecular flexibility index (Phi) is 4.23. The number of carbonyl (C=O) groups is 1. The van der Waals surface area contributed by atoms with Crippen molar-refractivity contribution in [1.29, 1.82) is 0 Å². The van der Waals surface area contributed by atoms with Crippen LogP contribution in [0, 0.1) is 6.92 Å². The van der Waals surface area contributed by atoms with Crippen molar-refractivity contribution in [3.05, 3.63) is 17.5 Å². The van der Waals surface area contributed by atoms with Gasteiger partial charge in [-0.2, -0.15) is 5.10 Å². The zero-order chi connectivity index (χ0) is 15.7. The number of hydrogen-bond donors (Lipinski definition) is 1. The number of nitrogens with zero attached hydrogens (tertiary/aromatic N) is 2. The average molecular weight is 307 g/mol. The molecule has 2 aliphatic rings. The second kappa shape index (κ2) is 6.01. The number of ether oxygens (including phenoxy) is 2. The molecule has 1 aromatic rings. The second-order valence-electron chi connectivity index (χ2n) is 6.90. The molecule has 1 unspecified atom stereocenters. The van der Waals surface area contributed by atoms with Gasteiger partial charge in [0, 0.05) is 13.2 Å². The van der Waals surface area contributed by atoms with Gasteiger partial charge in [-0.3, -0.25) is 9.48 Å². The summed E-state index contributed by atoms with van der Waals surface area (Å²) in [6.45, 7) is 8.06. The molecule has 0 saturated carbocycles. The van der Waals surface area contributed by atoms with Gasteiger partial charge < -0.3 is 14.8 Å². The second-order valence-corrected chi connectivity index (χ2v) is 6.90. The van der Waals surface area contributed by atoms with E-state index in [0.29, 0.717) is 12.3 Å². The number of nitrogens with one attached hydrogen (secondary N) is 1. The Morgan fingerprint density at radius 1 is 1.41 bits per heavy atom. The smallest absolute Gasteiger partial charge is 0.269 e. The summed E-state index contributed by atoms with van der Waals surface area (Å²) in [4.78, 5) is 12.6. The Labute approximate surface area is 131 Å². The summed E-state index contributed by atoms with van der Waals surface area (Å²) in [7, 11) is 0. The van der Waals surface area contributed by atoms with Crippen LogP contribution in [0.15, 0.2) is 6.07 Å². The summed E-state index contributed by atoms with van der Waals surface area (Å²) in [5.74, 6) is -0.0570. The summed E-state index contributed by atoms with van der Waals surface area (Å²) in [5, 5.41) is 7.62. The molecule has 0 aliphatic carbocycles. The molecular formula is C16H25N3O3. The number of hydrogen-bond acceptors (Lipinski definition) is 4. The monoisotopic (exact) mass is 307 g/mol. The standard InChI is InChI=1S/C16H25N3O3/c1-11-8-14(19(18-11)13-4-6-21-7-5-13)15(20)17-12-9-16(2,3)22-10-12/h8,12-13H,4-7,9-10H2,1-3H3,(H,17,20). The third-order valence-electron chi connectivity index (χ3n) is 4.38. The fraction of sp³-hybridized carbons (Fsp3) is 0.750. The highest BCUT2D eigenvalue weighted by Gasteiger charge is 2.33. The van der Waals surface area contributed by atoms with Gasteiger partial charge in [-0.1, -0.05) is 0 Å². The van der Waals surface area contributed by atoms with Gasteiger partial charge in [0.1, 0.15) is 5.69 Å². The van der Waals surface area contributed by atoms with Crippen molar-refractivity contribution in [2.75, 3.05) is 19.8 Å². The summed E-state index contributed by atoms with van der Waals surface area (Å²) in [6.07, 6.45) is 2.64. The van der Waals surface area contributed by atoms with Crippen LogP contribution in [0.25, 0.3) is 0 Å². The molecule has 3 heterocycles. The molecule has 3 rings (SSSR count). The Bertz CT molecular complexity index is 547. The van der Waals surface area contributed by atoms with Crippen LogP contribution in [0.1, 0.15) is 55.3 Å². The molecule has 1 aromatic heterocycles. The van der Waals surface area contributed by atoms with Crippen LogP contribution in [-0.4, -0.2) is 47.2 Å². The molecule has 122 valence electrons. The molecule has 2 saturated heterocycles. The molecule has 0 radical (unpaired) electrons. The van der Waals surface area contributed by atoms with E-state index in [-0.39, 0.29) is 23.6 Å². The van der Waals surface area contributed by atoms with Gasteiger partial charge in [-0.25, -0.2) is 0 Å². The highest BCUT2D eigenvalue weighted by atomic mass is 16.5. The maximum absolute atomic E-state index is 12.6. The molecule has 0 spiro atoms.